The van der Waals surface area contributed by atoms with Crippen LogP contribution in [0, 0.1) is 0 Å². The van der Waals surface area contributed by atoms with Gasteiger partial charge in [-0.3, -0.25) is 0 Å². The van der Waals surface area contributed by atoms with Crippen molar-refractivity contribution in [1.82, 2.24) is 4.98 Å². The van der Waals surface area contributed by atoms with Crippen molar-refractivity contribution in [2.45, 2.75) is 51.5 Å². The van der Waals surface area contributed by atoms with Gasteiger partial charge in [0.05, 0.1) is 11.0 Å². The average Bonchev–Trinajstić information content (AvgIpc) is 2.94. The van der Waals surface area contributed by atoms with Gasteiger partial charge in [-0.05, 0) is 25.5 Å². The van der Waals surface area contributed by atoms with Crippen LogP contribution in [0.5, 0.6) is 0 Å². The minimum Gasteiger partial charge on any atom is -0.364 e. The molecule has 1 aliphatic heterocycles. The van der Waals surface area contributed by atoms with Crippen LogP contribution in [0.25, 0.3) is 11.3 Å². The number of nitrogens with zero attached hydrogens (tertiary/aromatic N) is 1. The number of pyridine rings is 1. The van der Waals surface area contributed by atoms with E-state index in [-0.39, 0.29) is 11.0 Å². The summed E-state index contributed by atoms with van der Waals surface area (Å²) in [6.45, 7) is 9.39. The Morgan fingerprint density at radius 2 is 1.89 bits per heavy atom. The van der Waals surface area contributed by atoms with Gasteiger partial charge in [0.25, 0.3) is 0 Å². The molecule has 2 aromatic rings. The standard InChI is InChI=1S/C17H22N2/c1-5-16(3)15-13(10-11-18-15)14-9-7-8-12-19(14)17(16,4)6-2/h7-12H,5-6H2,1-4H3/p+1. The van der Waals surface area contributed by atoms with Crippen LogP contribution in [0.1, 0.15) is 46.2 Å². The van der Waals surface area contributed by atoms with Gasteiger partial charge in [0.2, 0.25) is 5.69 Å². The van der Waals surface area contributed by atoms with Crippen molar-refractivity contribution in [2.75, 3.05) is 0 Å². The molecule has 0 bridgehead atoms. The Morgan fingerprint density at radius 3 is 2.58 bits per heavy atom. The summed E-state index contributed by atoms with van der Waals surface area (Å²) >= 11 is 0. The van der Waals surface area contributed by atoms with Crippen LogP contribution >= 0.6 is 0 Å². The number of fused-ring (bicyclic) bond motifs is 3. The molecule has 0 amide bonds. The van der Waals surface area contributed by atoms with Crippen molar-refractivity contribution in [3.63, 3.8) is 0 Å². The molecule has 0 radical (unpaired) electrons. The van der Waals surface area contributed by atoms with Crippen molar-refractivity contribution >= 4 is 0 Å². The molecule has 2 nitrogen and oxygen atoms in total. The lowest BCUT2D eigenvalue weighted by Crippen LogP contribution is -2.67. The molecule has 1 aliphatic rings. The Balaban J connectivity index is 2.40. The number of nitrogens with one attached hydrogen (secondary N) is 1. The van der Waals surface area contributed by atoms with Crippen LogP contribution in [0.3, 0.4) is 0 Å². The molecule has 100 valence electrons. The van der Waals surface area contributed by atoms with E-state index in [0.717, 1.165) is 12.8 Å². The highest BCUT2D eigenvalue weighted by Gasteiger charge is 2.56. The lowest BCUT2D eigenvalue weighted by molar-refractivity contribution is -0.765. The highest BCUT2D eigenvalue weighted by molar-refractivity contribution is 5.63. The summed E-state index contributed by atoms with van der Waals surface area (Å²) in [5, 5.41) is 0. The number of aromatic amines is 1. The van der Waals surface area contributed by atoms with E-state index in [9.17, 15) is 0 Å². The van der Waals surface area contributed by atoms with Gasteiger partial charge >= 0.3 is 0 Å². The molecule has 2 aromatic heterocycles. The highest BCUT2D eigenvalue weighted by Crippen LogP contribution is 2.48. The topological polar surface area (TPSA) is 19.7 Å². The monoisotopic (exact) mass is 255 g/mol. The summed E-state index contributed by atoms with van der Waals surface area (Å²) in [5.74, 6) is 0. The van der Waals surface area contributed by atoms with Crippen molar-refractivity contribution < 1.29 is 4.57 Å². The average molecular weight is 255 g/mol. The zero-order valence-corrected chi connectivity index (χ0v) is 12.3. The van der Waals surface area contributed by atoms with E-state index in [1.54, 1.807) is 0 Å². The van der Waals surface area contributed by atoms with Crippen LogP contribution in [0.4, 0.5) is 0 Å². The Bertz CT molecular complexity index is 613. The first-order valence-electron chi connectivity index (χ1n) is 7.28. The molecular formula is C17H23N2+. The molecule has 19 heavy (non-hydrogen) atoms. The number of aromatic nitrogens is 2. The maximum atomic E-state index is 3.52. The quantitative estimate of drug-likeness (QED) is 0.788. The summed E-state index contributed by atoms with van der Waals surface area (Å²) in [4.78, 5) is 3.52. The molecule has 3 heterocycles. The SMILES string of the molecule is CCC1(C)c2[nH]ccc2-c2cccc[n+]2C1(C)CC. The molecule has 2 unspecified atom stereocenters. The largest absolute Gasteiger partial charge is 0.364 e. The van der Waals surface area contributed by atoms with Crippen LogP contribution in [0.2, 0.25) is 0 Å². The van der Waals surface area contributed by atoms with Crippen molar-refractivity contribution in [3.8, 4) is 11.3 Å². The number of H-pyrrole nitrogens is 1. The van der Waals surface area contributed by atoms with Gasteiger partial charge in [-0.1, -0.05) is 13.8 Å². The second-order valence-electron chi connectivity index (χ2n) is 6.04. The van der Waals surface area contributed by atoms with Gasteiger partial charge in [0, 0.05) is 37.4 Å². The zero-order chi connectivity index (χ0) is 13.7. The van der Waals surface area contributed by atoms with E-state index in [1.165, 1.54) is 17.0 Å². The van der Waals surface area contributed by atoms with Gasteiger partial charge in [0.1, 0.15) is 0 Å². The molecule has 0 spiro atoms. The minimum absolute atomic E-state index is 0.107. The first-order chi connectivity index (χ1) is 9.08. The molecule has 0 saturated heterocycles. The van der Waals surface area contributed by atoms with E-state index in [1.807, 2.05) is 0 Å². The molecule has 2 heteroatoms. The number of hydrogen-bond donors (Lipinski definition) is 1. The van der Waals surface area contributed by atoms with Gasteiger partial charge in [-0.15, -0.1) is 0 Å². The third-order valence-electron chi connectivity index (χ3n) is 5.55. The van der Waals surface area contributed by atoms with Gasteiger partial charge in [-0.2, -0.15) is 4.57 Å². The summed E-state index contributed by atoms with van der Waals surface area (Å²) < 4.78 is 2.48. The minimum atomic E-state index is 0.107. The Labute approximate surface area is 115 Å². The summed E-state index contributed by atoms with van der Waals surface area (Å²) in [6.07, 6.45) is 6.57. The number of rotatable bonds is 2. The van der Waals surface area contributed by atoms with Crippen LogP contribution in [0.15, 0.2) is 36.7 Å². The molecule has 3 rings (SSSR count). The molecule has 2 atom stereocenters. The maximum Gasteiger partial charge on any atom is 0.214 e. The fourth-order valence-corrected chi connectivity index (χ4v) is 3.79. The first-order valence-corrected chi connectivity index (χ1v) is 7.28. The Kier molecular flexibility index (Phi) is 2.60. The van der Waals surface area contributed by atoms with E-state index in [2.05, 4.69) is 73.9 Å². The van der Waals surface area contributed by atoms with E-state index in [0.29, 0.717) is 0 Å². The molecule has 0 fully saturated rings. The lowest BCUT2D eigenvalue weighted by Gasteiger charge is -2.44. The third-order valence-corrected chi connectivity index (χ3v) is 5.55. The van der Waals surface area contributed by atoms with E-state index in [4.69, 9.17) is 0 Å². The van der Waals surface area contributed by atoms with E-state index < -0.39 is 0 Å². The van der Waals surface area contributed by atoms with Crippen molar-refractivity contribution in [2.24, 2.45) is 0 Å². The Morgan fingerprint density at radius 1 is 1.11 bits per heavy atom. The highest BCUT2D eigenvalue weighted by atomic mass is 15.1. The van der Waals surface area contributed by atoms with E-state index >= 15 is 0 Å². The molecule has 1 N–H and O–H groups in total. The predicted octanol–water partition coefficient (Wildman–Crippen LogP) is 3.78. The molecule has 0 aromatic carbocycles. The zero-order valence-electron chi connectivity index (χ0n) is 12.3. The predicted molar refractivity (Wildman–Crippen MR) is 78.0 cm³/mol. The van der Waals surface area contributed by atoms with Gasteiger partial charge in [0.15, 0.2) is 11.7 Å². The second-order valence-corrected chi connectivity index (χ2v) is 6.04. The molecular weight excluding hydrogens is 232 g/mol. The number of hydrogen-bond acceptors (Lipinski definition) is 0. The summed E-state index contributed by atoms with van der Waals surface area (Å²) in [6, 6.07) is 8.72. The fourth-order valence-electron chi connectivity index (χ4n) is 3.79. The maximum absolute atomic E-state index is 3.52. The molecule has 0 aliphatic carbocycles. The van der Waals surface area contributed by atoms with Crippen LogP contribution in [-0.4, -0.2) is 4.98 Å². The lowest BCUT2D eigenvalue weighted by atomic mass is 9.63. The van der Waals surface area contributed by atoms with Crippen LogP contribution in [-0.2, 0) is 11.0 Å². The second kappa shape index (κ2) is 3.96. The van der Waals surface area contributed by atoms with Crippen LogP contribution < -0.4 is 4.57 Å². The van der Waals surface area contributed by atoms with Gasteiger partial charge in [-0.25, -0.2) is 0 Å². The van der Waals surface area contributed by atoms with Crippen molar-refractivity contribution in [3.05, 3.63) is 42.4 Å². The van der Waals surface area contributed by atoms with Crippen molar-refractivity contribution in [1.29, 1.82) is 0 Å². The normalized spacial score (nSPS) is 28.8. The first kappa shape index (κ1) is 12.5. The smallest absolute Gasteiger partial charge is 0.214 e. The summed E-state index contributed by atoms with van der Waals surface area (Å²) in [7, 11) is 0. The fraction of sp³-hybridized carbons (Fsp3) is 0.471. The third kappa shape index (κ3) is 1.35. The summed E-state index contributed by atoms with van der Waals surface area (Å²) in [5.41, 5.74) is 4.32. The Hall–Kier alpha value is -1.57. The molecule has 0 saturated carbocycles. The van der Waals surface area contributed by atoms with Gasteiger partial charge < -0.3 is 4.98 Å².